The third-order valence-corrected chi connectivity index (χ3v) is 2.61. The van der Waals surface area contributed by atoms with Crippen LogP contribution in [0, 0.1) is 0 Å². The zero-order valence-electron chi connectivity index (χ0n) is 7.57. The Morgan fingerprint density at radius 3 is 2.62 bits per heavy atom. The van der Waals surface area contributed by atoms with Crippen molar-refractivity contribution < 1.29 is 14.9 Å². The van der Waals surface area contributed by atoms with Gasteiger partial charge in [-0.15, -0.1) is 11.8 Å². The van der Waals surface area contributed by atoms with E-state index in [4.69, 9.17) is 9.84 Å². The SMILES string of the molecule is COc1c(O)ccc(CO)c1SC. The van der Waals surface area contributed by atoms with Gasteiger partial charge >= 0.3 is 0 Å². The molecule has 0 aliphatic rings. The first kappa shape index (κ1) is 10.2. The highest BCUT2D eigenvalue weighted by molar-refractivity contribution is 7.98. The molecule has 0 atom stereocenters. The van der Waals surface area contributed by atoms with Gasteiger partial charge in [-0.05, 0) is 17.9 Å². The molecule has 0 saturated heterocycles. The van der Waals surface area contributed by atoms with E-state index in [-0.39, 0.29) is 12.4 Å². The molecule has 0 saturated carbocycles. The first-order valence-electron chi connectivity index (χ1n) is 3.78. The molecule has 0 unspecified atom stereocenters. The lowest BCUT2D eigenvalue weighted by Crippen LogP contribution is -1.92. The highest BCUT2D eigenvalue weighted by Gasteiger charge is 2.11. The average molecular weight is 200 g/mol. The minimum absolute atomic E-state index is 0.0488. The third kappa shape index (κ3) is 1.89. The largest absolute Gasteiger partial charge is 0.504 e. The maximum absolute atomic E-state index is 9.42. The van der Waals surface area contributed by atoms with Crippen LogP contribution in [0.15, 0.2) is 17.0 Å². The van der Waals surface area contributed by atoms with Crippen LogP contribution < -0.4 is 4.74 Å². The predicted molar refractivity (Wildman–Crippen MR) is 52.4 cm³/mol. The van der Waals surface area contributed by atoms with E-state index in [0.717, 1.165) is 10.5 Å². The van der Waals surface area contributed by atoms with E-state index in [1.807, 2.05) is 6.26 Å². The highest BCUT2D eigenvalue weighted by Crippen LogP contribution is 2.38. The lowest BCUT2D eigenvalue weighted by molar-refractivity contribution is 0.276. The number of benzene rings is 1. The molecule has 2 N–H and O–H groups in total. The predicted octanol–water partition coefficient (Wildman–Crippen LogP) is 1.61. The maximum Gasteiger partial charge on any atom is 0.174 e. The Morgan fingerprint density at radius 1 is 1.46 bits per heavy atom. The number of phenolic OH excluding ortho intramolecular Hbond substituents is 1. The van der Waals surface area contributed by atoms with Gasteiger partial charge in [-0.3, -0.25) is 0 Å². The molecule has 1 rings (SSSR count). The number of thioether (sulfide) groups is 1. The van der Waals surface area contributed by atoms with Gasteiger partial charge in [0.2, 0.25) is 0 Å². The summed E-state index contributed by atoms with van der Waals surface area (Å²) in [5.41, 5.74) is 0.766. The summed E-state index contributed by atoms with van der Waals surface area (Å²) in [6.45, 7) is -0.0488. The van der Waals surface area contributed by atoms with Crippen molar-refractivity contribution in [3.05, 3.63) is 17.7 Å². The van der Waals surface area contributed by atoms with E-state index in [2.05, 4.69) is 0 Å². The molecule has 0 aliphatic carbocycles. The summed E-state index contributed by atoms with van der Waals surface area (Å²) < 4.78 is 5.03. The Hall–Kier alpha value is -0.870. The number of phenols is 1. The number of aliphatic hydroxyl groups is 1. The molecule has 13 heavy (non-hydrogen) atoms. The molecule has 4 heteroatoms. The van der Waals surface area contributed by atoms with Gasteiger partial charge in [0, 0.05) is 0 Å². The fourth-order valence-corrected chi connectivity index (χ4v) is 1.91. The van der Waals surface area contributed by atoms with Crippen LogP contribution in [0.5, 0.6) is 11.5 Å². The molecule has 0 radical (unpaired) electrons. The second-order valence-corrected chi connectivity index (χ2v) is 3.28. The standard InChI is InChI=1S/C9H12O3S/c1-12-8-7(11)4-3-6(5-10)9(8)13-2/h3-4,10-11H,5H2,1-2H3. The normalized spacial score (nSPS) is 10.1. The molecule has 0 heterocycles. The molecule has 0 fully saturated rings. The van der Waals surface area contributed by atoms with Crippen molar-refractivity contribution in [1.82, 2.24) is 0 Å². The van der Waals surface area contributed by atoms with Gasteiger partial charge in [-0.1, -0.05) is 6.07 Å². The second-order valence-electron chi connectivity index (χ2n) is 2.47. The molecule has 0 bridgehead atoms. The molecule has 0 amide bonds. The average Bonchev–Trinajstić information content (AvgIpc) is 2.17. The first-order valence-corrected chi connectivity index (χ1v) is 5.00. The minimum atomic E-state index is -0.0488. The van der Waals surface area contributed by atoms with Gasteiger partial charge in [0.05, 0.1) is 18.6 Å². The van der Waals surface area contributed by atoms with Gasteiger partial charge in [0.15, 0.2) is 11.5 Å². The van der Waals surface area contributed by atoms with Crippen molar-refractivity contribution >= 4 is 11.8 Å². The molecule has 1 aromatic carbocycles. The Kier molecular flexibility index (Phi) is 3.45. The van der Waals surface area contributed by atoms with Crippen molar-refractivity contribution in [1.29, 1.82) is 0 Å². The number of rotatable bonds is 3. The van der Waals surface area contributed by atoms with Crippen LogP contribution in [0.1, 0.15) is 5.56 Å². The minimum Gasteiger partial charge on any atom is -0.504 e. The van der Waals surface area contributed by atoms with Gasteiger partial charge in [-0.2, -0.15) is 0 Å². The van der Waals surface area contributed by atoms with Crippen molar-refractivity contribution in [2.75, 3.05) is 13.4 Å². The smallest absolute Gasteiger partial charge is 0.174 e. The fourth-order valence-electron chi connectivity index (χ4n) is 1.14. The van der Waals surface area contributed by atoms with E-state index in [0.29, 0.717) is 5.75 Å². The van der Waals surface area contributed by atoms with E-state index in [9.17, 15) is 5.11 Å². The summed E-state index contributed by atoms with van der Waals surface area (Å²) in [7, 11) is 1.50. The van der Waals surface area contributed by atoms with Crippen LogP contribution >= 0.6 is 11.8 Å². The van der Waals surface area contributed by atoms with Crippen molar-refractivity contribution in [2.45, 2.75) is 11.5 Å². The molecule has 0 aromatic heterocycles. The van der Waals surface area contributed by atoms with E-state index >= 15 is 0 Å². The number of ether oxygens (including phenoxy) is 1. The van der Waals surface area contributed by atoms with Crippen LogP contribution in [0.3, 0.4) is 0 Å². The Balaban J connectivity index is 3.27. The quantitative estimate of drug-likeness (QED) is 0.728. The lowest BCUT2D eigenvalue weighted by atomic mass is 10.2. The first-order chi connectivity index (χ1) is 6.24. The molecule has 72 valence electrons. The second kappa shape index (κ2) is 4.39. The molecule has 3 nitrogen and oxygen atoms in total. The van der Waals surface area contributed by atoms with Crippen LogP contribution in [0.25, 0.3) is 0 Å². The van der Waals surface area contributed by atoms with Crippen LogP contribution in [0.4, 0.5) is 0 Å². The molecule has 1 aromatic rings. The van der Waals surface area contributed by atoms with Crippen molar-refractivity contribution in [2.24, 2.45) is 0 Å². The zero-order chi connectivity index (χ0) is 9.84. The Labute approximate surface area is 81.4 Å². The number of aliphatic hydroxyl groups excluding tert-OH is 1. The highest BCUT2D eigenvalue weighted by atomic mass is 32.2. The Bertz CT molecular complexity index is 299. The summed E-state index contributed by atoms with van der Waals surface area (Å²) >= 11 is 1.44. The van der Waals surface area contributed by atoms with Gasteiger partial charge in [-0.25, -0.2) is 0 Å². The van der Waals surface area contributed by atoms with Crippen LogP contribution in [0.2, 0.25) is 0 Å². The van der Waals surface area contributed by atoms with E-state index in [1.54, 1.807) is 6.07 Å². The number of aromatic hydroxyl groups is 1. The van der Waals surface area contributed by atoms with Crippen LogP contribution in [-0.2, 0) is 6.61 Å². The van der Waals surface area contributed by atoms with Gasteiger partial charge in [0.1, 0.15) is 0 Å². The summed E-state index contributed by atoms with van der Waals surface area (Å²) in [5.74, 6) is 0.531. The molecule has 0 spiro atoms. The molecular formula is C9H12O3S. The van der Waals surface area contributed by atoms with Crippen molar-refractivity contribution in [3.63, 3.8) is 0 Å². The summed E-state index contributed by atoms with van der Waals surface area (Å²) in [4.78, 5) is 0.782. The van der Waals surface area contributed by atoms with E-state index in [1.165, 1.54) is 24.9 Å². The number of methoxy groups -OCH3 is 1. The molecular weight excluding hydrogens is 188 g/mol. The number of hydrogen-bond acceptors (Lipinski definition) is 4. The summed E-state index contributed by atoms with van der Waals surface area (Å²) in [5, 5.41) is 18.4. The summed E-state index contributed by atoms with van der Waals surface area (Å²) in [6, 6.07) is 3.20. The summed E-state index contributed by atoms with van der Waals surface area (Å²) in [6.07, 6.45) is 1.87. The van der Waals surface area contributed by atoms with Crippen LogP contribution in [-0.4, -0.2) is 23.6 Å². The maximum atomic E-state index is 9.42. The molecule has 0 aliphatic heterocycles. The Morgan fingerprint density at radius 2 is 2.15 bits per heavy atom. The van der Waals surface area contributed by atoms with Crippen molar-refractivity contribution in [3.8, 4) is 11.5 Å². The van der Waals surface area contributed by atoms with E-state index < -0.39 is 0 Å². The van der Waals surface area contributed by atoms with Gasteiger partial charge < -0.3 is 14.9 Å². The monoisotopic (exact) mass is 200 g/mol. The number of hydrogen-bond donors (Lipinski definition) is 2. The lowest BCUT2D eigenvalue weighted by Gasteiger charge is -2.11. The zero-order valence-corrected chi connectivity index (χ0v) is 8.39. The fraction of sp³-hybridized carbons (Fsp3) is 0.333. The van der Waals surface area contributed by atoms with Gasteiger partial charge in [0.25, 0.3) is 0 Å². The topological polar surface area (TPSA) is 49.7 Å². The third-order valence-electron chi connectivity index (χ3n) is 1.75.